The number of nitrogens with two attached hydrogens (primary N) is 1. The third-order valence-corrected chi connectivity index (χ3v) is 6.91. The number of fused-ring (bicyclic) bond motifs is 1. The molecule has 0 aromatic heterocycles. The van der Waals surface area contributed by atoms with Gasteiger partial charge >= 0.3 is 0 Å². The van der Waals surface area contributed by atoms with Gasteiger partial charge in [-0.2, -0.15) is 0 Å². The van der Waals surface area contributed by atoms with Crippen molar-refractivity contribution in [2.24, 2.45) is 11.8 Å². The van der Waals surface area contributed by atoms with E-state index < -0.39 is 0 Å². The minimum Gasteiger partial charge on any atom is -0.504 e. The van der Waals surface area contributed by atoms with Gasteiger partial charge in [-0.1, -0.05) is 19.9 Å². The second-order valence-corrected chi connectivity index (χ2v) is 10.5. The van der Waals surface area contributed by atoms with Crippen LogP contribution in [-0.4, -0.2) is 54.8 Å². The Hall–Kier alpha value is -2.44. The Kier molecular flexibility index (Phi) is 8.22. The number of likely N-dealkylation sites (tertiary alicyclic amines) is 1. The highest BCUT2D eigenvalue weighted by atomic mass is 16.5. The van der Waals surface area contributed by atoms with E-state index in [2.05, 4.69) is 29.7 Å². The number of benzene rings is 2. The predicted molar refractivity (Wildman–Crippen MR) is 137 cm³/mol. The molecule has 0 amide bonds. The van der Waals surface area contributed by atoms with Gasteiger partial charge in [0.1, 0.15) is 5.75 Å². The van der Waals surface area contributed by atoms with Crippen molar-refractivity contribution in [3.63, 3.8) is 0 Å². The third kappa shape index (κ3) is 6.36. The predicted octanol–water partition coefficient (Wildman–Crippen LogP) is 4.68. The summed E-state index contributed by atoms with van der Waals surface area (Å²) in [5.41, 5.74) is 10.3. The minimum absolute atomic E-state index is 0.294. The van der Waals surface area contributed by atoms with Crippen LogP contribution in [0.2, 0.25) is 0 Å². The molecule has 186 valence electrons. The van der Waals surface area contributed by atoms with Gasteiger partial charge in [0, 0.05) is 44.0 Å². The topological polar surface area (TPSA) is 71.2 Å². The fourth-order valence-corrected chi connectivity index (χ4v) is 5.48. The molecule has 34 heavy (non-hydrogen) atoms. The molecule has 0 spiro atoms. The maximum Gasteiger partial charge on any atom is 0.164 e. The standard InChI is InChI=1S/C28H41N3O3/c1-20(2)15-31(18-22-12-23-6-4-5-11-34-28(23)26(32)13-22)17-21-9-10-30(16-21)19-24-14-25(29)7-8-27(24)33-3/h7-8,12-14,20-21,32H,4-6,9-11,15-19,29H2,1-3H3/t21-/m1/s1. The Labute approximate surface area is 204 Å². The normalized spacial score (nSPS) is 18.7. The van der Waals surface area contributed by atoms with Gasteiger partial charge in [-0.25, -0.2) is 0 Å². The van der Waals surface area contributed by atoms with Gasteiger partial charge in [0.25, 0.3) is 0 Å². The van der Waals surface area contributed by atoms with Gasteiger partial charge < -0.3 is 20.3 Å². The third-order valence-electron chi connectivity index (χ3n) is 6.91. The molecule has 6 heteroatoms. The number of hydrogen-bond acceptors (Lipinski definition) is 6. The molecule has 0 unspecified atom stereocenters. The number of phenolic OH excluding ortho intramolecular Hbond substituents is 1. The molecule has 0 saturated carbocycles. The number of ether oxygens (including phenoxy) is 2. The first-order valence-electron chi connectivity index (χ1n) is 12.8. The van der Waals surface area contributed by atoms with Crippen molar-refractivity contribution >= 4 is 5.69 Å². The van der Waals surface area contributed by atoms with Crippen molar-refractivity contribution < 1.29 is 14.6 Å². The van der Waals surface area contributed by atoms with E-state index in [0.29, 0.717) is 29.9 Å². The van der Waals surface area contributed by atoms with Crippen molar-refractivity contribution in [3.8, 4) is 17.2 Å². The zero-order chi connectivity index (χ0) is 24.1. The number of nitrogens with zero attached hydrogens (tertiary/aromatic N) is 2. The van der Waals surface area contributed by atoms with E-state index in [1.54, 1.807) is 7.11 Å². The van der Waals surface area contributed by atoms with Crippen LogP contribution in [0.1, 0.15) is 49.8 Å². The Morgan fingerprint density at radius 3 is 2.88 bits per heavy atom. The zero-order valence-electron chi connectivity index (χ0n) is 21.1. The highest BCUT2D eigenvalue weighted by Gasteiger charge is 2.26. The smallest absolute Gasteiger partial charge is 0.164 e. The molecule has 2 heterocycles. The summed E-state index contributed by atoms with van der Waals surface area (Å²) in [5.74, 6) is 3.11. The summed E-state index contributed by atoms with van der Waals surface area (Å²) < 4.78 is 11.4. The fourth-order valence-electron chi connectivity index (χ4n) is 5.48. The molecule has 2 aliphatic heterocycles. The molecular weight excluding hydrogens is 426 g/mol. The van der Waals surface area contributed by atoms with Gasteiger partial charge in [0.05, 0.1) is 13.7 Å². The molecule has 2 aromatic rings. The van der Waals surface area contributed by atoms with E-state index in [9.17, 15) is 5.11 Å². The molecule has 0 bridgehead atoms. The Bertz CT molecular complexity index is 962. The summed E-state index contributed by atoms with van der Waals surface area (Å²) >= 11 is 0. The van der Waals surface area contributed by atoms with Crippen LogP contribution in [0.4, 0.5) is 5.69 Å². The van der Waals surface area contributed by atoms with Crippen LogP contribution < -0.4 is 15.2 Å². The van der Waals surface area contributed by atoms with Gasteiger partial charge in [-0.15, -0.1) is 0 Å². The SMILES string of the molecule is COc1ccc(N)cc1CN1CC[C@@H](CN(Cc2cc(O)c3c(c2)CCCCO3)CC(C)C)C1. The lowest BCUT2D eigenvalue weighted by molar-refractivity contribution is 0.196. The van der Waals surface area contributed by atoms with Crippen LogP contribution in [0.15, 0.2) is 30.3 Å². The summed E-state index contributed by atoms with van der Waals surface area (Å²) in [5, 5.41) is 10.6. The van der Waals surface area contributed by atoms with Gasteiger partial charge in [-0.05, 0) is 79.5 Å². The molecule has 2 aliphatic rings. The van der Waals surface area contributed by atoms with E-state index in [1.165, 1.54) is 12.0 Å². The zero-order valence-corrected chi connectivity index (χ0v) is 21.1. The van der Waals surface area contributed by atoms with Crippen LogP contribution in [0.5, 0.6) is 17.2 Å². The molecule has 4 rings (SSSR count). The average molecular weight is 468 g/mol. The lowest BCUT2D eigenvalue weighted by Gasteiger charge is -2.28. The van der Waals surface area contributed by atoms with E-state index in [0.717, 1.165) is 81.1 Å². The molecule has 0 aliphatic carbocycles. The Morgan fingerprint density at radius 1 is 1.24 bits per heavy atom. The molecule has 2 aromatic carbocycles. The second-order valence-electron chi connectivity index (χ2n) is 10.5. The monoisotopic (exact) mass is 467 g/mol. The van der Waals surface area contributed by atoms with Gasteiger partial charge in [0.15, 0.2) is 11.5 Å². The number of nitrogen functional groups attached to an aromatic ring is 1. The summed E-state index contributed by atoms with van der Waals surface area (Å²) in [6, 6.07) is 10.0. The van der Waals surface area contributed by atoms with E-state index in [-0.39, 0.29) is 0 Å². The summed E-state index contributed by atoms with van der Waals surface area (Å²) in [6.07, 6.45) is 4.33. The first-order valence-corrected chi connectivity index (χ1v) is 12.8. The number of aryl methyl sites for hydroxylation is 1. The van der Waals surface area contributed by atoms with Crippen LogP contribution in [0, 0.1) is 11.8 Å². The van der Waals surface area contributed by atoms with Crippen molar-refractivity contribution in [2.75, 3.05) is 45.6 Å². The highest BCUT2D eigenvalue weighted by Crippen LogP contribution is 2.35. The molecule has 1 fully saturated rings. The maximum absolute atomic E-state index is 10.6. The molecular formula is C28H41N3O3. The number of aromatic hydroxyl groups is 1. The number of methoxy groups -OCH3 is 1. The number of anilines is 1. The van der Waals surface area contributed by atoms with Gasteiger partial charge in [0.2, 0.25) is 0 Å². The Balaban J connectivity index is 1.40. The van der Waals surface area contributed by atoms with E-state index in [4.69, 9.17) is 15.2 Å². The van der Waals surface area contributed by atoms with E-state index >= 15 is 0 Å². The molecule has 0 radical (unpaired) electrons. The maximum atomic E-state index is 10.6. The van der Waals surface area contributed by atoms with Crippen molar-refractivity contribution in [1.82, 2.24) is 9.80 Å². The Morgan fingerprint density at radius 2 is 2.09 bits per heavy atom. The van der Waals surface area contributed by atoms with Crippen LogP contribution in [-0.2, 0) is 19.5 Å². The highest BCUT2D eigenvalue weighted by molar-refractivity contribution is 5.49. The van der Waals surface area contributed by atoms with Crippen LogP contribution in [0.3, 0.4) is 0 Å². The number of hydrogen-bond donors (Lipinski definition) is 2. The molecule has 6 nitrogen and oxygen atoms in total. The van der Waals surface area contributed by atoms with Crippen molar-refractivity contribution in [1.29, 1.82) is 0 Å². The lowest BCUT2D eigenvalue weighted by atomic mass is 10.0. The molecule has 3 N–H and O–H groups in total. The largest absolute Gasteiger partial charge is 0.504 e. The van der Waals surface area contributed by atoms with Crippen LogP contribution >= 0.6 is 0 Å². The van der Waals surface area contributed by atoms with Gasteiger partial charge in [-0.3, -0.25) is 9.80 Å². The van der Waals surface area contributed by atoms with E-state index in [1.807, 2.05) is 24.3 Å². The minimum atomic E-state index is 0.294. The average Bonchev–Trinajstić information content (AvgIpc) is 3.06. The van der Waals surface area contributed by atoms with Crippen molar-refractivity contribution in [2.45, 2.75) is 52.6 Å². The van der Waals surface area contributed by atoms with Crippen molar-refractivity contribution in [3.05, 3.63) is 47.0 Å². The number of rotatable bonds is 9. The number of phenols is 1. The second kappa shape index (κ2) is 11.3. The molecule has 1 atom stereocenters. The summed E-state index contributed by atoms with van der Waals surface area (Å²) in [6.45, 7) is 11.3. The lowest BCUT2D eigenvalue weighted by Crippen LogP contribution is -2.33. The molecule has 1 saturated heterocycles. The fraction of sp³-hybridized carbons (Fsp3) is 0.571. The van der Waals surface area contributed by atoms with Crippen LogP contribution in [0.25, 0.3) is 0 Å². The first-order chi connectivity index (χ1) is 16.4. The quantitative estimate of drug-likeness (QED) is 0.522. The summed E-state index contributed by atoms with van der Waals surface area (Å²) in [4.78, 5) is 5.08. The first kappa shape index (κ1) is 24.7. The summed E-state index contributed by atoms with van der Waals surface area (Å²) in [7, 11) is 1.72.